The van der Waals surface area contributed by atoms with Crippen LogP contribution < -0.4 is 14.2 Å². The summed E-state index contributed by atoms with van der Waals surface area (Å²) in [6.45, 7) is 9.85. The molecule has 0 unspecified atom stereocenters. The smallest absolute Gasteiger partial charge is 0.487 e. The fourth-order valence-electron chi connectivity index (χ4n) is 3.34. The van der Waals surface area contributed by atoms with Crippen molar-refractivity contribution in [3.05, 3.63) is 56.6 Å². The first-order chi connectivity index (χ1) is 13.1. The highest BCUT2D eigenvalue weighted by Crippen LogP contribution is 2.43. The van der Waals surface area contributed by atoms with E-state index in [9.17, 15) is 14.9 Å². The number of carbonyl (C=O) groups is 1. The van der Waals surface area contributed by atoms with Gasteiger partial charge in [0.15, 0.2) is 0 Å². The van der Waals surface area contributed by atoms with Crippen LogP contribution in [0, 0.1) is 30.9 Å². The van der Waals surface area contributed by atoms with Crippen LogP contribution in [-0.2, 0) is 6.42 Å². The molecule has 1 aliphatic rings. The number of ether oxygens (including phenoxy) is 3. The third-order valence-corrected chi connectivity index (χ3v) is 5.10. The number of carbonyl (C=O) groups excluding carboxylic acids is 1. The molecule has 2 aromatic carbocycles. The van der Waals surface area contributed by atoms with E-state index in [2.05, 4.69) is 13.8 Å². The minimum atomic E-state index is -0.892. The zero-order valence-corrected chi connectivity index (χ0v) is 16.6. The first-order valence-electron chi connectivity index (χ1n) is 9.05. The molecular weight excluding hydrogens is 362 g/mol. The molecule has 0 saturated carbocycles. The van der Waals surface area contributed by atoms with Gasteiger partial charge >= 0.3 is 6.16 Å². The Morgan fingerprint density at radius 1 is 1.07 bits per heavy atom. The van der Waals surface area contributed by atoms with E-state index in [0.29, 0.717) is 5.75 Å². The molecule has 0 aliphatic carbocycles. The lowest BCUT2D eigenvalue weighted by Gasteiger charge is -2.35. The maximum Gasteiger partial charge on any atom is 0.519 e. The topological polar surface area (TPSA) is 87.9 Å². The summed E-state index contributed by atoms with van der Waals surface area (Å²) in [5, 5.41) is 10.7. The SMILES string of the molecule is Cc1c(C)c2c(c(C)c1OC(=O)Oc1ccc([N+](=O)[O-])cc1)CCC(C)(C)O2. The molecule has 0 spiro atoms. The largest absolute Gasteiger partial charge is 0.519 e. The van der Waals surface area contributed by atoms with Gasteiger partial charge in [-0.25, -0.2) is 4.79 Å². The third-order valence-electron chi connectivity index (χ3n) is 5.10. The highest BCUT2D eigenvalue weighted by atomic mass is 16.7. The molecule has 0 saturated heterocycles. The predicted molar refractivity (Wildman–Crippen MR) is 103 cm³/mol. The van der Waals surface area contributed by atoms with Crippen LogP contribution in [0.25, 0.3) is 0 Å². The number of fused-ring (bicyclic) bond motifs is 1. The molecule has 28 heavy (non-hydrogen) atoms. The molecule has 0 N–H and O–H groups in total. The van der Waals surface area contributed by atoms with E-state index < -0.39 is 11.1 Å². The molecule has 148 valence electrons. The van der Waals surface area contributed by atoms with Crippen LogP contribution >= 0.6 is 0 Å². The molecule has 0 aromatic heterocycles. The maximum absolute atomic E-state index is 12.3. The summed E-state index contributed by atoms with van der Waals surface area (Å²) in [6.07, 6.45) is 0.815. The number of nitrogens with zero attached hydrogens (tertiary/aromatic N) is 1. The molecule has 0 radical (unpaired) electrons. The zero-order chi connectivity index (χ0) is 20.6. The second-order valence-corrected chi connectivity index (χ2v) is 7.58. The van der Waals surface area contributed by atoms with E-state index in [1.54, 1.807) is 0 Å². The van der Waals surface area contributed by atoms with Crippen molar-refractivity contribution in [3.8, 4) is 17.2 Å². The quantitative estimate of drug-likeness (QED) is 0.312. The Morgan fingerprint density at radius 2 is 1.71 bits per heavy atom. The molecule has 0 bridgehead atoms. The number of hydrogen-bond donors (Lipinski definition) is 0. The van der Waals surface area contributed by atoms with Gasteiger partial charge in [-0.15, -0.1) is 0 Å². The van der Waals surface area contributed by atoms with Gasteiger partial charge in [-0.3, -0.25) is 10.1 Å². The molecule has 7 heteroatoms. The van der Waals surface area contributed by atoms with Crippen LogP contribution in [-0.4, -0.2) is 16.7 Å². The molecule has 1 aliphatic heterocycles. The van der Waals surface area contributed by atoms with Crippen LogP contribution in [0.4, 0.5) is 10.5 Å². The highest BCUT2D eigenvalue weighted by molar-refractivity contribution is 5.70. The fraction of sp³-hybridized carbons (Fsp3) is 0.381. The Balaban J connectivity index is 1.83. The first-order valence-corrected chi connectivity index (χ1v) is 9.05. The van der Waals surface area contributed by atoms with Crippen LogP contribution in [0.2, 0.25) is 0 Å². The second kappa shape index (κ2) is 7.14. The van der Waals surface area contributed by atoms with E-state index in [-0.39, 0.29) is 17.0 Å². The molecule has 2 aromatic rings. The summed E-state index contributed by atoms with van der Waals surface area (Å²) in [5.74, 6) is 1.50. The maximum atomic E-state index is 12.3. The molecule has 1 heterocycles. The number of rotatable bonds is 3. The fourth-order valence-corrected chi connectivity index (χ4v) is 3.34. The van der Waals surface area contributed by atoms with Crippen LogP contribution in [0.5, 0.6) is 17.2 Å². The van der Waals surface area contributed by atoms with E-state index in [4.69, 9.17) is 14.2 Å². The van der Waals surface area contributed by atoms with Gasteiger partial charge in [-0.05, 0) is 76.3 Å². The van der Waals surface area contributed by atoms with Crippen molar-refractivity contribution in [1.82, 2.24) is 0 Å². The first kappa shape index (κ1) is 19.7. The van der Waals surface area contributed by atoms with E-state index in [1.165, 1.54) is 24.3 Å². The van der Waals surface area contributed by atoms with E-state index in [0.717, 1.165) is 40.8 Å². The van der Waals surface area contributed by atoms with Crippen molar-refractivity contribution in [2.45, 2.75) is 53.1 Å². The minimum absolute atomic E-state index is 0.0827. The molecule has 0 amide bonds. The average molecular weight is 385 g/mol. The van der Waals surface area contributed by atoms with Crippen LogP contribution in [0.15, 0.2) is 24.3 Å². The monoisotopic (exact) mass is 385 g/mol. The van der Waals surface area contributed by atoms with Crippen LogP contribution in [0.3, 0.4) is 0 Å². The van der Waals surface area contributed by atoms with Gasteiger partial charge in [-0.1, -0.05) is 0 Å². The van der Waals surface area contributed by atoms with Crippen molar-refractivity contribution in [3.63, 3.8) is 0 Å². The van der Waals surface area contributed by atoms with Gasteiger partial charge in [0.25, 0.3) is 5.69 Å². The van der Waals surface area contributed by atoms with Gasteiger partial charge in [0, 0.05) is 17.7 Å². The summed E-state index contributed by atoms with van der Waals surface area (Å²) in [5.41, 5.74) is 3.34. The van der Waals surface area contributed by atoms with Gasteiger partial charge < -0.3 is 14.2 Å². The Hall–Kier alpha value is -3.09. The Kier molecular flexibility index (Phi) is 5.02. The lowest BCUT2D eigenvalue weighted by molar-refractivity contribution is -0.384. The van der Waals surface area contributed by atoms with Crippen molar-refractivity contribution >= 4 is 11.8 Å². The average Bonchev–Trinajstić information content (AvgIpc) is 2.63. The third kappa shape index (κ3) is 3.78. The molecule has 3 rings (SSSR count). The second-order valence-electron chi connectivity index (χ2n) is 7.58. The van der Waals surface area contributed by atoms with Crippen molar-refractivity contribution in [2.75, 3.05) is 0 Å². The summed E-state index contributed by atoms with van der Waals surface area (Å²) in [7, 11) is 0. The lowest BCUT2D eigenvalue weighted by atomic mass is 9.88. The Morgan fingerprint density at radius 3 is 2.32 bits per heavy atom. The lowest BCUT2D eigenvalue weighted by Crippen LogP contribution is -2.33. The standard InChI is InChI=1S/C21H23NO6/c1-12-13(2)19-17(10-11-21(4,5)28-19)14(3)18(12)27-20(23)26-16-8-6-15(7-9-16)22(24)25/h6-9H,10-11H2,1-5H3. The molecule has 0 fully saturated rings. The predicted octanol–water partition coefficient (Wildman–Crippen LogP) is 5.20. The number of nitro groups is 1. The summed E-state index contributed by atoms with van der Waals surface area (Å²) in [6, 6.07) is 5.24. The Bertz CT molecular complexity index is 947. The number of nitro benzene ring substituents is 1. The van der Waals surface area contributed by atoms with Crippen molar-refractivity contribution in [1.29, 1.82) is 0 Å². The molecule has 7 nitrogen and oxygen atoms in total. The molecular formula is C21H23NO6. The van der Waals surface area contributed by atoms with Gasteiger partial charge in [0.1, 0.15) is 22.8 Å². The van der Waals surface area contributed by atoms with Gasteiger partial charge in [-0.2, -0.15) is 0 Å². The van der Waals surface area contributed by atoms with Gasteiger partial charge in [0.2, 0.25) is 0 Å². The Labute approximate surface area is 163 Å². The van der Waals surface area contributed by atoms with E-state index in [1.807, 2.05) is 20.8 Å². The van der Waals surface area contributed by atoms with E-state index >= 15 is 0 Å². The number of hydrogen-bond acceptors (Lipinski definition) is 6. The van der Waals surface area contributed by atoms with Crippen molar-refractivity contribution < 1.29 is 23.9 Å². The van der Waals surface area contributed by atoms with Gasteiger partial charge in [0.05, 0.1) is 4.92 Å². The summed E-state index contributed by atoms with van der Waals surface area (Å²) < 4.78 is 16.8. The van der Waals surface area contributed by atoms with Crippen LogP contribution in [0.1, 0.15) is 42.5 Å². The van der Waals surface area contributed by atoms with Crippen molar-refractivity contribution in [2.24, 2.45) is 0 Å². The molecule has 0 atom stereocenters. The normalized spacial score (nSPS) is 14.6. The summed E-state index contributed by atoms with van der Waals surface area (Å²) >= 11 is 0. The number of non-ortho nitro benzene ring substituents is 1. The number of benzene rings is 2. The summed E-state index contributed by atoms with van der Waals surface area (Å²) in [4.78, 5) is 22.5. The highest BCUT2D eigenvalue weighted by Gasteiger charge is 2.31. The zero-order valence-electron chi connectivity index (χ0n) is 16.6. The minimum Gasteiger partial charge on any atom is -0.487 e.